The van der Waals surface area contributed by atoms with Crippen molar-refractivity contribution in [2.45, 2.75) is 19.9 Å². The molecule has 0 unspecified atom stereocenters. The molecule has 0 aliphatic carbocycles. The lowest BCUT2D eigenvalue weighted by atomic mass is 10.0. The smallest absolute Gasteiger partial charge is 0.132 e. The topological polar surface area (TPSA) is 29.9 Å². The predicted molar refractivity (Wildman–Crippen MR) is 65.5 cm³/mol. The minimum atomic E-state index is 1.02. The number of fused-ring (bicyclic) bond motifs is 1. The van der Waals surface area contributed by atoms with E-state index in [0.717, 1.165) is 19.5 Å². The summed E-state index contributed by atoms with van der Waals surface area (Å²) in [7, 11) is 0. The average Bonchev–Trinajstić information content (AvgIpc) is 2.74. The summed E-state index contributed by atoms with van der Waals surface area (Å²) in [6, 6.07) is 8.45. The predicted octanol–water partition coefficient (Wildman–Crippen LogP) is 2.67. The van der Waals surface area contributed by atoms with E-state index in [0.29, 0.717) is 0 Å². The van der Waals surface area contributed by atoms with Crippen molar-refractivity contribution in [3.63, 3.8) is 0 Å². The Bertz CT molecular complexity index is 514. The normalized spacial score (nSPS) is 14.3. The second-order valence-electron chi connectivity index (χ2n) is 4.23. The van der Waals surface area contributed by atoms with Crippen LogP contribution >= 0.6 is 0 Å². The molecule has 3 heteroatoms. The molecule has 16 heavy (non-hydrogen) atoms. The molecule has 1 aromatic heterocycles. The Balaban J connectivity index is 2.13. The minimum absolute atomic E-state index is 1.02. The molecule has 0 atom stereocenters. The SMILES string of the molecule is Cc1ccccc1-c1cnn2c1NCCC2. The Hall–Kier alpha value is -1.77. The van der Waals surface area contributed by atoms with E-state index in [1.165, 1.54) is 22.5 Å². The largest absolute Gasteiger partial charge is 0.370 e. The van der Waals surface area contributed by atoms with Gasteiger partial charge in [0.15, 0.2) is 0 Å². The lowest BCUT2D eigenvalue weighted by Crippen LogP contribution is -2.17. The summed E-state index contributed by atoms with van der Waals surface area (Å²) in [5.41, 5.74) is 3.79. The molecule has 0 saturated heterocycles. The standard InChI is InChI=1S/C13H15N3/c1-10-5-2-3-6-11(10)12-9-15-16-8-4-7-14-13(12)16/h2-3,5-6,9,14H,4,7-8H2,1H3. The van der Waals surface area contributed by atoms with Gasteiger partial charge in [-0.2, -0.15) is 5.10 Å². The average molecular weight is 213 g/mol. The highest BCUT2D eigenvalue weighted by atomic mass is 15.3. The lowest BCUT2D eigenvalue weighted by Gasteiger charge is -2.17. The van der Waals surface area contributed by atoms with E-state index in [1.807, 2.05) is 6.20 Å². The number of benzene rings is 1. The Labute approximate surface area is 95.1 Å². The monoisotopic (exact) mass is 213 g/mol. The maximum absolute atomic E-state index is 4.43. The van der Waals surface area contributed by atoms with Gasteiger partial charge in [-0.05, 0) is 24.5 Å². The molecule has 1 N–H and O–H groups in total. The summed E-state index contributed by atoms with van der Waals surface area (Å²) in [6.45, 7) is 4.21. The first-order valence-corrected chi connectivity index (χ1v) is 5.72. The van der Waals surface area contributed by atoms with Crippen LogP contribution in [0.25, 0.3) is 11.1 Å². The molecule has 0 fully saturated rings. The first-order chi connectivity index (χ1) is 7.86. The van der Waals surface area contributed by atoms with Gasteiger partial charge in [-0.1, -0.05) is 24.3 Å². The molecular formula is C13H15N3. The highest BCUT2D eigenvalue weighted by Crippen LogP contribution is 2.31. The highest BCUT2D eigenvalue weighted by molar-refractivity contribution is 5.77. The molecule has 0 saturated carbocycles. The third-order valence-electron chi connectivity index (χ3n) is 3.11. The second-order valence-corrected chi connectivity index (χ2v) is 4.23. The van der Waals surface area contributed by atoms with Gasteiger partial charge < -0.3 is 5.32 Å². The number of rotatable bonds is 1. The number of nitrogens with one attached hydrogen (secondary N) is 1. The van der Waals surface area contributed by atoms with Crippen LogP contribution in [0.4, 0.5) is 5.82 Å². The Morgan fingerprint density at radius 3 is 3.00 bits per heavy atom. The number of hydrogen-bond acceptors (Lipinski definition) is 2. The molecule has 0 bridgehead atoms. The van der Waals surface area contributed by atoms with E-state index in [-0.39, 0.29) is 0 Å². The first kappa shape index (κ1) is 9.46. The van der Waals surface area contributed by atoms with E-state index in [4.69, 9.17) is 0 Å². The molecule has 1 aliphatic rings. The molecule has 0 amide bonds. The van der Waals surface area contributed by atoms with Gasteiger partial charge in [-0.25, -0.2) is 4.68 Å². The van der Waals surface area contributed by atoms with Crippen LogP contribution in [0, 0.1) is 6.92 Å². The number of hydrogen-bond donors (Lipinski definition) is 1. The van der Waals surface area contributed by atoms with Crippen molar-refractivity contribution >= 4 is 5.82 Å². The van der Waals surface area contributed by atoms with E-state index in [9.17, 15) is 0 Å². The Kier molecular flexibility index (Phi) is 2.17. The fraction of sp³-hybridized carbons (Fsp3) is 0.308. The molecule has 82 valence electrons. The zero-order valence-electron chi connectivity index (χ0n) is 9.40. The van der Waals surface area contributed by atoms with Crippen LogP contribution in [0.15, 0.2) is 30.5 Å². The summed E-state index contributed by atoms with van der Waals surface area (Å²) >= 11 is 0. The van der Waals surface area contributed by atoms with Gasteiger partial charge in [0.05, 0.1) is 6.20 Å². The number of anilines is 1. The molecule has 2 heterocycles. The van der Waals surface area contributed by atoms with Crippen molar-refractivity contribution in [3.05, 3.63) is 36.0 Å². The first-order valence-electron chi connectivity index (χ1n) is 5.72. The lowest BCUT2D eigenvalue weighted by molar-refractivity contribution is 0.568. The van der Waals surface area contributed by atoms with Gasteiger partial charge in [0.25, 0.3) is 0 Å². The molecule has 0 spiro atoms. The third kappa shape index (κ3) is 1.40. The molecule has 1 aliphatic heterocycles. The molecule has 1 aromatic carbocycles. The summed E-state index contributed by atoms with van der Waals surface area (Å²) in [5, 5.41) is 7.87. The molecule has 0 radical (unpaired) electrons. The van der Waals surface area contributed by atoms with Gasteiger partial charge >= 0.3 is 0 Å². The number of nitrogens with zero attached hydrogens (tertiary/aromatic N) is 2. The second kappa shape index (κ2) is 3.67. The Morgan fingerprint density at radius 1 is 1.25 bits per heavy atom. The van der Waals surface area contributed by atoms with E-state index >= 15 is 0 Å². The van der Waals surface area contributed by atoms with Crippen molar-refractivity contribution in [2.24, 2.45) is 0 Å². The van der Waals surface area contributed by atoms with Crippen LogP contribution in [0.2, 0.25) is 0 Å². The zero-order chi connectivity index (χ0) is 11.0. The number of aromatic nitrogens is 2. The van der Waals surface area contributed by atoms with Crippen molar-refractivity contribution in [3.8, 4) is 11.1 Å². The van der Waals surface area contributed by atoms with E-state index in [2.05, 4.69) is 46.3 Å². The van der Waals surface area contributed by atoms with E-state index in [1.54, 1.807) is 0 Å². The maximum atomic E-state index is 4.43. The molecule has 3 nitrogen and oxygen atoms in total. The van der Waals surface area contributed by atoms with Crippen LogP contribution in [-0.4, -0.2) is 16.3 Å². The van der Waals surface area contributed by atoms with Crippen LogP contribution in [-0.2, 0) is 6.54 Å². The van der Waals surface area contributed by atoms with Crippen molar-refractivity contribution in [1.82, 2.24) is 9.78 Å². The highest BCUT2D eigenvalue weighted by Gasteiger charge is 2.16. The Morgan fingerprint density at radius 2 is 2.12 bits per heavy atom. The fourth-order valence-corrected chi connectivity index (χ4v) is 2.25. The van der Waals surface area contributed by atoms with Crippen molar-refractivity contribution in [2.75, 3.05) is 11.9 Å². The van der Waals surface area contributed by atoms with Gasteiger partial charge in [0.1, 0.15) is 5.82 Å². The van der Waals surface area contributed by atoms with Crippen molar-refractivity contribution in [1.29, 1.82) is 0 Å². The summed E-state index contributed by atoms with van der Waals surface area (Å²) in [6.07, 6.45) is 3.12. The van der Waals surface area contributed by atoms with Crippen LogP contribution in [0.5, 0.6) is 0 Å². The van der Waals surface area contributed by atoms with Gasteiger partial charge in [0, 0.05) is 18.7 Å². The zero-order valence-corrected chi connectivity index (χ0v) is 9.40. The maximum Gasteiger partial charge on any atom is 0.132 e. The minimum Gasteiger partial charge on any atom is -0.370 e. The third-order valence-corrected chi connectivity index (χ3v) is 3.11. The fourth-order valence-electron chi connectivity index (χ4n) is 2.25. The summed E-state index contributed by atoms with van der Waals surface area (Å²) in [4.78, 5) is 0. The van der Waals surface area contributed by atoms with Gasteiger partial charge in [0.2, 0.25) is 0 Å². The van der Waals surface area contributed by atoms with Crippen LogP contribution in [0.3, 0.4) is 0 Å². The van der Waals surface area contributed by atoms with Gasteiger partial charge in [-0.15, -0.1) is 0 Å². The van der Waals surface area contributed by atoms with Gasteiger partial charge in [-0.3, -0.25) is 0 Å². The van der Waals surface area contributed by atoms with Crippen molar-refractivity contribution < 1.29 is 0 Å². The quantitative estimate of drug-likeness (QED) is 0.789. The van der Waals surface area contributed by atoms with E-state index < -0.39 is 0 Å². The molecule has 2 aromatic rings. The van der Waals surface area contributed by atoms with Crippen LogP contribution < -0.4 is 5.32 Å². The summed E-state index contributed by atoms with van der Waals surface area (Å²) in [5.74, 6) is 1.17. The molecule has 3 rings (SSSR count). The summed E-state index contributed by atoms with van der Waals surface area (Å²) < 4.78 is 2.06. The number of aryl methyl sites for hydroxylation is 2. The molecular weight excluding hydrogens is 198 g/mol. The van der Waals surface area contributed by atoms with Crippen LogP contribution in [0.1, 0.15) is 12.0 Å².